The van der Waals surface area contributed by atoms with E-state index in [4.69, 9.17) is 9.16 Å². The van der Waals surface area contributed by atoms with Gasteiger partial charge in [0, 0.05) is 6.42 Å². The summed E-state index contributed by atoms with van der Waals surface area (Å²) < 4.78 is 11.6. The second-order valence-corrected chi connectivity index (χ2v) is 10.5. The molecule has 102 valence electrons. The standard InChI is InChI=1S/C15H21NO2Si/c1-17-14-7-5-6-12-10-15(11-16,9-8-13(12)14)18-19(2,3)4/h5-7H,8-10H2,1-4H3/t15-/m0/s1. The van der Waals surface area contributed by atoms with Crippen LogP contribution in [0.2, 0.25) is 19.6 Å². The van der Waals surface area contributed by atoms with Gasteiger partial charge in [0.1, 0.15) is 11.4 Å². The highest BCUT2D eigenvalue weighted by molar-refractivity contribution is 6.69. The van der Waals surface area contributed by atoms with Crippen LogP contribution in [0, 0.1) is 11.3 Å². The SMILES string of the molecule is COc1cccc2c1CC[C@](C#N)(O[Si](C)(C)C)C2. The minimum atomic E-state index is -1.73. The molecule has 0 aliphatic heterocycles. The van der Waals surface area contributed by atoms with Crippen LogP contribution in [0.5, 0.6) is 5.75 Å². The molecule has 0 aromatic heterocycles. The van der Waals surface area contributed by atoms with E-state index < -0.39 is 13.9 Å². The molecule has 0 N–H and O–H groups in total. The molecule has 4 heteroatoms. The topological polar surface area (TPSA) is 42.2 Å². The lowest BCUT2D eigenvalue weighted by molar-refractivity contribution is 0.103. The van der Waals surface area contributed by atoms with Crippen LogP contribution in [0.25, 0.3) is 0 Å². The maximum atomic E-state index is 9.57. The number of fused-ring (bicyclic) bond motifs is 1. The first-order valence-corrected chi connectivity index (χ1v) is 10.1. The monoisotopic (exact) mass is 275 g/mol. The van der Waals surface area contributed by atoms with Gasteiger partial charge in [-0.15, -0.1) is 0 Å². The van der Waals surface area contributed by atoms with E-state index in [0.717, 1.165) is 18.6 Å². The number of ether oxygens (including phenoxy) is 1. The van der Waals surface area contributed by atoms with E-state index >= 15 is 0 Å². The maximum Gasteiger partial charge on any atom is 0.185 e. The van der Waals surface area contributed by atoms with Gasteiger partial charge in [-0.2, -0.15) is 5.26 Å². The lowest BCUT2D eigenvalue weighted by Gasteiger charge is -2.37. The largest absolute Gasteiger partial charge is 0.496 e. The first-order chi connectivity index (χ1) is 8.89. The maximum absolute atomic E-state index is 9.57. The van der Waals surface area contributed by atoms with Crippen molar-refractivity contribution in [2.45, 2.75) is 44.5 Å². The van der Waals surface area contributed by atoms with Gasteiger partial charge in [-0.1, -0.05) is 12.1 Å². The van der Waals surface area contributed by atoms with E-state index in [-0.39, 0.29) is 0 Å². The van der Waals surface area contributed by atoms with Crippen LogP contribution >= 0.6 is 0 Å². The first-order valence-electron chi connectivity index (χ1n) is 6.65. The average molecular weight is 275 g/mol. The Morgan fingerprint density at radius 2 is 2.05 bits per heavy atom. The molecule has 1 aliphatic carbocycles. The molecule has 1 aromatic rings. The molecule has 0 heterocycles. The highest BCUT2D eigenvalue weighted by Gasteiger charge is 2.40. The van der Waals surface area contributed by atoms with E-state index in [1.54, 1.807) is 7.11 Å². The molecule has 1 aromatic carbocycles. The molecule has 0 spiro atoms. The van der Waals surface area contributed by atoms with Crippen LogP contribution in [0.4, 0.5) is 0 Å². The third-order valence-corrected chi connectivity index (χ3v) is 4.41. The number of benzene rings is 1. The summed E-state index contributed by atoms with van der Waals surface area (Å²) in [6.45, 7) is 6.40. The Balaban J connectivity index is 2.33. The highest BCUT2D eigenvalue weighted by Crippen LogP contribution is 2.37. The molecule has 19 heavy (non-hydrogen) atoms. The fourth-order valence-electron chi connectivity index (χ4n) is 2.77. The van der Waals surface area contributed by atoms with E-state index in [1.165, 1.54) is 11.1 Å². The molecule has 0 saturated heterocycles. The zero-order valence-electron chi connectivity index (χ0n) is 12.1. The number of hydrogen-bond donors (Lipinski definition) is 0. The van der Waals surface area contributed by atoms with Crippen molar-refractivity contribution in [3.8, 4) is 11.8 Å². The summed E-state index contributed by atoms with van der Waals surface area (Å²) in [5, 5.41) is 9.57. The van der Waals surface area contributed by atoms with E-state index in [9.17, 15) is 5.26 Å². The molecule has 0 radical (unpaired) electrons. The summed E-state index contributed by atoms with van der Waals surface area (Å²) in [4.78, 5) is 0. The van der Waals surface area contributed by atoms with Crippen molar-refractivity contribution in [3.05, 3.63) is 29.3 Å². The zero-order chi connectivity index (χ0) is 14.1. The second-order valence-electron chi connectivity index (χ2n) is 6.10. The Kier molecular flexibility index (Phi) is 3.70. The van der Waals surface area contributed by atoms with Crippen molar-refractivity contribution in [2.75, 3.05) is 7.11 Å². The summed E-state index contributed by atoms with van der Waals surface area (Å²) in [5.41, 5.74) is 1.77. The molecule has 2 rings (SSSR count). The summed E-state index contributed by atoms with van der Waals surface area (Å²) >= 11 is 0. The van der Waals surface area contributed by atoms with Crippen LogP contribution in [0.1, 0.15) is 17.5 Å². The minimum absolute atomic E-state index is 0.649. The van der Waals surface area contributed by atoms with Gasteiger partial charge >= 0.3 is 0 Å². The number of hydrogen-bond acceptors (Lipinski definition) is 3. The normalized spacial score (nSPS) is 22.5. The quantitative estimate of drug-likeness (QED) is 0.795. The predicted molar refractivity (Wildman–Crippen MR) is 77.8 cm³/mol. The zero-order valence-corrected chi connectivity index (χ0v) is 13.1. The molecule has 0 unspecified atom stereocenters. The van der Waals surface area contributed by atoms with Gasteiger partial charge in [0.05, 0.1) is 13.2 Å². The summed E-state index contributed by atoms with van der Waals surface area (Å²) in [6.07, 6.45) is 2.26. The number of nitrogens with zero attached hydrogens (tertiary/aromatic N) is 1. The van der Waals surface area contributed by atoms with Crippen LogP contribution in [-0.4, -0.2) is 21.0 Å². The Morgan fingerprint density at radius 3 is 2.63 bits per heavy atom. The Labute approximate surface area is 116 Å². The summed E-state index contributed by atoms with van der Waals surface area (Å²) in [6, 6.07) is 8.47. The third-order valence-electron chi connectivity index (χ3n) is 3.41. The van der Waals surface area contributed by atoms with Crippen LogP contribution in [-0.2, 0) is 17.3 Å². The van der Waals surface area contributed by atoms with Gasteiger partial charge in [-0.3, -0.25) is 0 Å². The van der Waals surface area contributed by atoms with Crippen molar-refractivity contribution in [3.63, 3.8) is 0 Å². The van der Waals surface area contributed by atoms with Crippen molar-refractivity contribution in [2.24, 2.45) is 0 Å². The molecular formula is C15H21NO2Si. The minimum Gasteiger partial charge on any atom is -0.496 e. The smallest absolute Gasteiger partial charge is 0.185 e. The van der Waals surface area contributed by atoms with E-state index in [2.05, 4.69) is 31.8 Å². The fourth-order valence-corrected chi connectivity index (χ4v) is 4.16. The van der Waals surface area contributed by atoms with Gasteiger partial charge in [-0.25, -0.2) is 0 Å². The Morgan fingerprint density at radius 1 is 1.32 bits per heavy atom. The lowest BCUT2D eigenvalue weighted by Crippen LogP contribution is -2.45. The molecule has 1 aliphatic rings. The van der Waals surface area contributed by atoms with Gasteiger partial charge in [0.15, 0.2) is 8.32 Å². The second kappa shape index (κ2) is 4.99. The van der Waals surface area contributed by atoms with Crippen LogP contribution < -0.4 is 4.74 Å². The molecule has 0 fully saturated rings. The van der Waals surface area contributed by atoms with Gasteiger partial charge < -0.3 is 9.16 Å². The molecule has 0 bridgehead atoms. The number of methoxy groups -OCH3 is 1. The number of rotatable bonds is 3. The van der Waals surface area contributed by atoms with Crippen molar-refractivity contribution in [1.82, 2.24) is 0 Å². The van der Waals surface area contributed by atoms with Crippen LogP contribution in [0.3, 0.4) is 0 Å². The van der Waals surface area contributed by atoms with Gasteiger partial charge in [0.25, 0.3) is 0 Å². The van der Waals surface area contributed by atoms with Crippen molar-refractivity contribution >= 4 is 8.32 Å². The molecular weight excluding hydrogens is 254 g/mol. The molecule has 1 atom stereocenters. The predicted octanol–water partition coefficient (Wildman–Crippen LogP) is 3.30. The van der Waals surface area contributed by atoms with Gasteiger partial charge in [-0.05, 0) is 49.7 Å². The van der Waals surface area contributed by atoms with E-state index in [0.29, 0.717) is 6.42 Å². The third kappa shape index (κ3) is 2.99. The molecule has 3 nitrogen and oxygen atoms in total. The lowest BCUT2D eigenvalue weighted by atomic mass is 9.81. The number of nitriles is 1. The molecule has 0 saturated carbocycles. The first kappa shape index (κ1) is 14.1. The molecule has 0 amide bonds. The summed E-state index contributed by atoms with van der Waals surface area (Å²) in [5.74, 6) is 0.928. The van der Waals surface area contributed by atoms with Crippen molar-refractivity contribution in [1.29, 1.82) is 5.26 Å². The van der Waals surface area contributed by atoms with E-state index in [1.807, 2.05) is 12.1 Å². The summed E-state index contributed by atoms with van der Waals surface area (Å²) in [7, 11) is -0.0401. The van der Waals surface area contributed by atoms with Crippen molar-refractivity contribution < 1.29 is 9.16 Å². The Hall–Kier alpha value is -1.31. The Bertz CT molecular complexity index is 516. The highest BCUT2D eigenvalue weighted by atomic mass is 28.4. The van der Waals surface area contributed by atoms with Gasteiger partial charge in [0.2, 0.25) is 0 Å². The fraction of sp³-hybridized carbons (Fsp3) is 0.533. The van der Waals surface area contributed by atoms with Crippen LogP contribution in [0.15, 0.2) is 18.2 Å². The average Bonchev–Trinajstić information content (AvgIpc) is 2.35.